The highest BCUT2D eigenvalue weighted by molar-refractivity contribution is 7.90. The summed E-state index contributed by atoms with van der Waals surface area (Å²) in [4.78, 5) is 34.2. The number of nitrogens with one attached hydrogen (secondary N) is 2. The van der Waals surface area contributed by atoms with Gasteiger partial charge in [0.2, 0.25) is 0 Å². The van der Waals surface area contributed by atoms with E-state index < -0.39 is 22.2 Å². The van der Waals surface area contributed by atoms with E-state index in [1.807, 2.05) is 36.2 Å². The molecule has 1 unspecified atom stereocenters. The first-order valence-corrected chi connectivity index (χ1v) is 14.1. The maximum absolute atomic E-state index is 14.2. The van der Waals surface area contributed by atoms with Gasteiger partial charge >= 0.3 is 0 Å². The number of rotatable bonds is 6. The van der Waals surface area contributed by atoms with E-state index in [9.17, 15) is 18.0 Å². The summed E-state index contributed by atoms with van der Waals surface area (Å²) in [5.74, 6) is 1.70. The topological polar surface area (TPSA) is 157 Å². The smallest absolute Gasteiger partial charge is 0.297 e. The number of hydrogen-bond acceptors (Lipinski definition) is 7. The number of anilines is 2. The number of amides is 1. The summed E-state index contributed by atoms with van der Waals surface area (Å²) in [7, 11) is -2.33. The highest BCUT2D eigenvalue weighted by atomic mass is 32.2. The molecule has 1 atom stereocenters. The van der Waals surface area contributed by atoms with Gasteiger partial charge in [0.15, 0.2) is 11.5 Å². The number of benzene rings is 2. The standard InChI is InChI=1S/C28H24N8O4S/c1-4-17-11-12-20-22-19(15-34(20)3)24(36(28(38)21(17)22)18-9-6-5-7-10-18)16(2)31-27(37)23-25(33-41(29,39)40)32-35-14-8-13-30-26(23)35/h1,5-14,16H,15H2,2-3H3,(H,31,37)(H,32,33)(H2,29,39,40). The van der Waals surface area contributed by atoms with Gasteiger partial charge in [0, 0.05) is 53.9 Å². The lowest BCUT2D eigenvalue weighted by Crippen LogP contribution is -2.34. The molecule has 206 valence electrons. The Balaban J connectivity index is 1.56. The number of nitrogens with zero attached hydrogens (tertiary/aromatic N) is 5. The zero-order valence-corrected chi connectivity index (χ0v) is 22.8. The van der Waals surface area contributed by atoms with Crippen LogP contribution < -0.4 is 25.6 Å². The third-order valence-corrected chi connectivity index (χ3v) is 7.53. The molecule has 41 heavy (non-hydrogen) atoms. The summed E-state index contributed by atoms with van der Waals surface area (Å²) < 4.78 is 28.6. The van der Waals surface area contributed by atoms with Crippen LogP contribution in [0, 0.1) is 12.3 Å². The number of carbonyl (C=O) groups excluding carboxylic acids is 1. The summed E-state index contributed by atoms with van der Waals surface area (Å²) in [6.07, 6.45) is 8.79. The predicted octanol–water partition coefficient (Wildman–Crippen LogP) is 2.07. The summed E-state index contributed by atoms with van der Waals surface area (Å²) in [6, 6.07) is 13.6. The molecule has 0 fully saturated rings. The number of nitrogens with two attached hydrogens (primary N) is 1. The van der Waals surface area contributed by atoms with Crippen LogP contribution >= 0.6 is 0 Å². The van der Waals surface area contributed by atoms with Crippen LogP contribution in [0.2, 0.25) is 0 Å². The highest BCUT2D eigenvalue weighted by Gasteiger charge is 2.32. The van der Waals surface area contributed by atoms with Gasteiger partial charge in [-0.25, -0.2) is 14.6 Å². The fraction of sp³-hybridized carbons (Fsp3) is 0.143. The van der Waals surface area contributed by atoms with Gasteiger partial charge in [-0.3, -0.25) is 18.9 Å². The lowest BCUT2D eigenvalue weighted by Gasteiger charge is -2.23. The minimum Gasteiger partial charge on any atom is -0.370 e. The van der Waals surface area contributed by atoms with Crippen molar-refractivity contribution in [3.8, 4) is 18.0 Å². The number of terminal acetylenes is 1. The Kier molecular flexibility index (Phi) is 6.02. The largest absolute Gasteiger partial charge is 0.370 e. The Morgan fingerprint density at radius 1 is 1.15 bits per heavy atom. The zero-order chi connectivity index (χ0) is 29.1. The van der Waals surface area contributed by atoms with Crippen LogP contribution in [0.15, 0.2) is 65.7 Å². The Morgan fingerprint density at radius 2 is 1.90 bits per heavy atom. The van der Waals surface area contributed by atoms with Gasteiger partial charge in [-0.1, -0.05) is 24.1 Å². The maximum atomic E-state index is 14.2. The van der Waals surface area contributed by atoms with Gasteiger partial charge < -0.3 is 10.2 Å². The molecular formula is C28H24N8O4S. The van der Waals surface area contributed by atoms with Gasteiger partial charge in [0.05, 0.1) is 17.1 Å². The SMILES string of the molecule is C#Cc1ccc2c3c(c(C(C)NC(=O)c4c(NS(N)(=O)=O)nn5cccnc45)n(-c4ccccc4)c(=O)c13)CN2C. The second-order valence-electron chi connectivity index (χ2n) is 9.68. The molecule has 0 spiro atoms. The normalized spacial score (nSPS) is 13.4. The molecule has 1 amide bonds. The molecule has 0 saturated carbocycles. The van der Waals surface area contributed by atoms with E-state index in [1.54, 1.807) is 35.8 Å². The number of carbonyl (C=O) groups is 1. The molecule has 2 aromatic carbocycles. The number of aromatic nitrogens is 4. The molecule has 4 heterocycles. The minimum atomic E-state index is -4.25. The first kappa shape index (κ1) is 26.1. The van der Waals surface area contributed by atoms with E-state index in [4.69, 9.17) is 11.6 Å². The number of pyridine rings is 1. The van der Waals surface area contributed by atoms with E-state index in [-0.39, 0.29) is 22.6 Å². The minimum absolute atomic E-state index is 0.118. The molecule has 6 rings (SSSR count). The molecule has 0 aliphatic carbocycles. The van der Waals surface area contributed by atoms with Gasteiger partial charge in [-0.05, 0) is 37.3 Å². The summed E-state index contributed by atoms with van der Waals surface area (Å²) >= 11 is 0. The number of hydrogen-bond donors (Lipinski definition) is 3. The Morgan fingerprint density at radius 3 is 2.61 bits per heavy atom. The van der Waals surface area contributed by atoms with E-state index in [1.165, 1.54) is 16.9 Å². The molecule has 5 aromatic rings. The average molecular weight is 569 g/mol. The molecule has 1 aliphatic heterocycles. The molecule has 1 aliphatic rings. The van der Waals surface area contributed by atoms with Gasteiger partial charge in [0.25, 0.3) is 21.7 Å². The van der Waals surface area contributed by atoms with Crippen LogP contribution in [-0.4, -0.2) is 40.5 Å². The van der Waals surface area contributed by atoms with Crippen LogP contribution in [0.4, 0.5) is 11.5 Å². The fourth-order valence-corrected chi connectivity index (χ4v) is 5.86. The molecule has 4 N–H and O–H groups in total. The van der Waals surface area contributed by atoms with Crippen LogP contribution in [0.3, 0.4) is 0 Å². The van der Waals surface area contributed by atoms with Crippen molar-refractivity contribution in [2.75, 3.05) is 16.7 Å². The third kappa shape index (κ3) is 4.26. The second-order valence-corrected chi connectivity index (χ2v) is 11.0. The molecular weight excluding hydrogens is 544 g/mol. The summed E-state index contributed by atoms with van der Waals surface area (Å²) in [6.45, 7) is 2.22. The Bertz CT molecular complexity index is 2100. The molecule has 12 nitrogen and oxygen atoms in total. The van der Waals surface area contributed by atoms with E-state index in [0.717, 1.165) is 16.6 Å². The fourth-order valence-electron chi connectivity index (χ4n) is 5.45. The van der Waals surface area contributed by atoms with Crippen molar-refractivity contribution < 1.29 is 13.2 Å². The van der Waals surface area contributed by atoms with E-state index in [2.05, 4.69) is 26.0 Å². The first-order valence-electron chi connectivity index (χ1n) is 12.5. The Hall–Kier alpha value is -5.19. The molecule has 0 saturated heterocycles. The maximum Gasteiger partial charge on any atom is 0.297 e. The van der Waals surface area contributed by atoms with Crippen molar-refractivity contribution in [1.82, 2.24) is 24.5 Å². The summed E-state index contributed by atoms with van der Waals surface area (Å²) in [5, 5.41) is 13.4. The van der Waals surface area contributed by atoms with Crippen LogP contribution in [0.25, 0.3) is 22.1 Å². The quantitative estimate of drug-likeness (QED) is 0.265. The van der Waals surface area contributed by atoms with Crippen molar-refractivity contribution in [2.24, 2.45) is 5.14 Å². The van der Waals surface area contributed by atoms with Crippen molar-refractivity contribution >= 4 is 44.0 Å². The monoisotopic (exact) mass is 568 g/mol. The second kappa shape index (κ2) is 9.47. The van der Waals surface area contributed by atoms with Crippen molar-refractivity contribution in [3.05, 3.63) is 93.7 Å². The van der Waals surface area contributed by atoms with Gasteiger partial charge in [-0.15, -0.1) is 11.5 Å². The number of fused-ring (bicyclic) bond motifs is 1. The van der Waals surface area contributed by atoms with Crippen LogP contribution in [0.5, 0.6) is 0 Å². The lowest BCUT2D eigenvalue weighted by atomic mass is 9.97. The summed E-state index contributed by atoms with van der Waals surface area (Å²) in [5.41, 5.74) is 3.03. The number of para-hydroxylation sites is 1. The van der Waals surface area contributed by atoms with Crippen molar-refractivity contribution in [1.29, 1.82) is 0 Å². The highest BCUT2D eigenvalue weighted by Crippen LogP contribution is 2.40. The zero-order valence-electron chi connectivity index (χ0n) is 22.0. The molecule has 13 heteroatoms. The van der Waals surface area contributed by atoms with Gasteiger partial charge in [-0.2, -0.15) is 8.42 Å². The molecule has 3 aromatic heterocycles. The van der Waals surface area contributed by atoms with Crippen LogP contribution in [-0.2, 0) is 16.8 Å². The third-order valence-electron chi connectivity index (χ3n) is 7.05. The van der Waals surface area contributed by atoms with Gasteiger partial charge in [0.1, 0.15) is 5.56 Å². The van der Waals surface area contributed by atoms with E-state index >= 15 is 0 Å². The average Bonchev–Trinajstić information content (AvgIpc) is 3.46. The molecule has 0 bridgehead atoms. The van der Waals surface area contributed by atoms with E-state index in [0.29, 0.717) is 28.9 Å². The van der Waals surface area contributed by atoms with Crippen LogP contribution in [0.1, 0.15) is 40.1 Å². The lowest BCUT2D eigenvalue weighted by molar-refractivity contribution is 0.0941. The van der Waals surface area contributed by atoms with Crippen molar-refractivity contribution in [3.63, 3.8) is 0 Å². The predicted molar refractivity (Wildman–Crippen MR) is 155 cm³/mol. The first-order chi connectivity index (χ1) is 19.6. The van der Waals surface area contributed by atoms with Crippen molar-refractivity contribution in [2.45, 2.75) is 19.5 Å². The Labute approximate surface area is 234 Å². The molecule has 0 radical (unpaired) electrons.